The van der Waals surface area contributed by atoms with Crippen LogP contribution in [0.2, 0.25) is 20.2 Å². The van der Waals surface area contributed by atoms with Crippen LogP contribution in [0, 0.1) is 0 Å². The van der Waals surface area contributed by atoms with Crippen molar-refractivity contribution < 1.29 is 53.8 Å². The summed E-state index contributed by atoms with van der Waals surface area (Å²) in [6, 6.07) is 43.4. The van der Waals surface area contributed by atoms with Crippen LogP contribution in [0.1, 0.15) is 53.7 Å². The van der Waals surface area contributed by atoms with Crippen molar-refractivity contribution in [3.63, 3.8) is 0 Å². The van der Waals surface area contributed by atoms with Gasteiger partial charge < -0.3 is 28.9 Å². The first kappa shape index (κ1) is 67.2. The van der Waals surface area contributed by atoms with E-state index in [1.54, 1.807) is 99.9 Å². The lowest BCUT2D eigenvalue weighted by Crippen LogP contribution is -2.24. The lowest BCUT2D eigenvalue weighted by Gasteiger charge is -2.18. The van der Waals surface area contributed by atoms with Gasteiger partial charge in [0.2, 0.25) is 53.7 Å². The average Bonchev–Trinajstić information content (AvgIpc) is 1.78. The summed E-state index contributed by atoms with van der Waals surface area (Å²) in [6.45, 7) is 1.31. The topological polar surface area (TPSA) is 334 Å². The van der Waals surface area contributed by atoms with Crippen LogP contribution in [0.15, 0.2) is 210 Å². The molecule has 0 saturated carbocycles. The van der Waals surface area contributed by atoms with Crippen molar-refractivity contribution >= 4 is 122 Å². The number of halogens is 4. The van der Waals surface area contributed by atoms with Gasteiger partial charge in [0.15, 0.2) is 5.15 Å². The van der Waals surface area contributed by atoms with E-state index in [9.17, 15) is 39.6 Å². The molecule has 3 aliphatic rings. The Labute approximate surface area is 565 Å². The van der Waals surface area contributed by atoms with E-state index in [1.165, 1.54) is 61.2 Å². The highest BCUT2D eigenvalue weighted by molar-refractivity contribution is 7.89. The normalized spacial score (nSPS) is 16.5. The van der Waals surface area contributed by atoms with Crippen molar-refractivity contribution in [1.29, 1.82) is 0 Å². The van der Waals surface area contributed by atoms with Gasteiger partial charge in [0.05, 0.1) is 41.5 Å². The molecule has 3 aromatic heterocycles. The fourth-order valence-corrected chi connectivity index (χ4v) is 12.9. The Morgan fingerprint density at radius 2 is 0.811 bits per heavy atom. The van der Waals surface area contributed by atoms with Crippen molar-refractivity contribution in [1.82, 2.24) is 24.9 Å². The van der Waals surface area contributed by atoms with Gasteiger partial charge in [-0.25, -0.2) is 55.6 Å². The maximum atomic E-state index is 12.7. The third-order valence-electron chi connectivity index (χ3n) is 15.5. The van der Waals surface area contributed by atoms with Crippen molar-refractivity contribution in [2.75, 3.05) is 34.3 Å². The number of ether oxygens (including phenoxy) is 3. The molecule has 3 saturated heterocycles. The zero-order valence-electron chi connectivity index (χ0n) is 49.4. The second-order valence-corrected chi connectivity index (χ2v) is 28.0. The number of aromatic nitrogens is 5. The van der Waals surface area contributed by atoms with Gasteiger partial charge in [-0.3, -0.25) is 24.4 Å². The summed E-state index contributed by atoms with van der Waals surface area (Å²) in [5, 5.41) is 17.6. The molecule has 0 aliphatic carbocycles. The maximum Gasteiger partial charge on any atom is 0.257 e. The first-order valence-electron chi connectivity index (χ1n) is 28.6. The molecule has 0 unspecified atom stereocenters. The Balaban J connectivity index is 0.000000145. The van der Waals surface area contributed by atoms with Gasteiger partial charge >= 0.3 is 0 Å². The summed E-state index contributed by atoms with van der Waals surface area (Å²) in [5.41, 5.74) is 5.32. The number of hydrogen-bond donors (Lipinski definition) is 3. The molecule has 7 aromatic carbocycles. The van der Waals surface area contributed by atoms with Crippen LogP contribution >= 0.6 is 46.4 Å². The van der Waals surface area contributed by atoms with E-state index in [0.29, 0.717) is 93.5 Å². The minimum Gasteiger partial charge on any atom is -0.455 e. The zero-order chi connectivity index (χ0) is 67.3. The quantitative estimate of drug-likeness (QED) is 0.0858. The molecule has 0 radical (unpaired) electrons. The molecule has 10 aromatic rings. The van der Waals surface area contributed by atoms with Gasteiger partial charge in [-0.2, -0.15) is 0 Å². The number of anilines is 3. The number of primary sulfonamides is 3. The highest BCUT2D eigenvalue weighted by Gasteiger charge is 2.35. The second-order valence-electron chi connectivity index (χ2n) is 21.7. The van der Waals surface area contributed by atoms with E-state index in [0.717, 1.165) is 27.6 Å². The van der Waals surface area contributed by atoms with Gasteiger partial charge in [0.25, 0.3) is 5.88 Å². The lowest BCUT2D eigenvalue weighted by atomic mass is 9.98. The van der Waals surface area contributed by atoms with Gasteiger partial charge in [0, 0.05) is 110 Å². The first-order chi connectivity index (χ1) is 45.3. The number of sulfonamides is 3. The minimum absolute atomic E-state index is 0.00190. The summed E-state index contributed by atoms with van der Waals surface area (Å²) in [7, 11) is -11.4. The second kappa shape index (κ2) is 28.4. The van der Waals surface area contributed by atoms with E-state index in [1.807, 2.05) is 48.5 Å². The van der Waals surface area contributed by atoms with Crippen LogP contribution in [0.3, 0.4) is 0 Å². The molecule has 0 bridgehead atoms. The molecule has 6 heterocycles. The minimum atomic E-state index is -3.80. The summed E-state index contributed by atoms with van der Waals surface area (Å²) in [6.07, 6.45) is 10.0. The van der Waals surface area contributed by atoms with Crippen molar-refractivity contribution in [3.8, 4) is 34.8 Å². The maximum absolute atomic E-state index is 12.7. The lowest BCUT2D eigenvalue weighted by molar-refractivity contribution is -0.118. The van der Waals surface area contributed by atoms with Crippen molar-refractivity contribution in [3.05, 3.63) is 232 Å². The van der Waals surface area contributed by atoms with Crippen LogP contribution in [0.25, 0.3) is 10.9 Å². The van der Waals surface area contributed by atoms with E-state index in [4.69, 9.17) is 76.0 Å². The summed E-state index contributed by atoms with van der Waals surface area (Å²) < 4.78 is 86.3. The monoisotopic (exact) mass is 1420 g/mol. The van der Waals surface area contributed by atoms with Gasteiger partial charge in [-0.1, -0.05) is 76.7 Å². The third-order valence-corrected chi connectivity index (χ3v) is 19.5. The number of hydrogen-bond acceptors (Lipinski definition) is 17. The van der Waals surface area contributed by atoms with Crippen LogP contribution in [-0.4, -0.2) is 87.5 Å². The Morgan fingerprint density at radius 1 is 0.411 bits per heavy atom. The van der Waals surface area contributed by atoms with Gasteiger partial charge in [-0.05, 0) is 144 Å². The smallest absolute Gasteiger partial charge is 0.257 e. The van der Waals surface area contributed by atoms with Crippen molar-refractivity contribution in [2.45, 2.75) is 51.7 Å². The Hall–Kier alpha value is -9.19. The molecular formula is C65H53Cl4N11O12S3. The highest BCUT2D eigenvalue weighted by atomic mass is 35.5. The standard InChI is InChI=1S/C25H20ClN3O4S.C20H16Cl2N4O4S.C20H17ClN4O4S/c26-21-10-5-16(13-24(21)33-23-11-12-28-22-4-2-1-3-20(22)23)17-14-25(30)29(15-17)18-6-8-19(9-7-18)34(27,31)32;21-16-6-1-12(9-17(16)30-20-19(22)24-7-8-25-20)13-10-18(27)26(11-13)14-2-4-15(5-3-14)31(23,28)29;21-17-6-1-13(9-18(17)29-19-11-23-7-8-24-19)14-10-20(26)25(12-14)15-2-4-16(5-3-15)30(22,27)28/h1-13,17H,14-15H2,(H2,27,31,32);1-9,13H,10-11H2,(H2,23,28,29);1-9,11,14H,10,12H2,(H2,22,27,28)/t17-;13-;14-/m000/s1. The number of para-hydroxylation sites is 1. The molecule has 30 heteroatoms. The number of rotatable bonds is 15. The van der Waals surface area contributed by atoms with Crippen LogP contribution in [0.5, 0.6) is 34.8 Å². The Bertz CT molecular complexity index is 4920. The van der Waals surface area contributed by atoms with E-state index < -0.39 is 30.1 Å². The molecule has 23 nitrogen and oxygen atoms in total. The number of pyridine rings is 1. The largest absolute Gasteiger partial charge is 0.455 e. The molecule has 95 heavy (non-hydrogen) atoms. The van der Waals surface area contributed by atoms with Crippen LogP contribution < -0.4 is 44.3 Å². The van der Waals surface area contributed by atoms with E-state index >= 15 is 0 Å². The number of nitrogens with two attached hydrogens (primary N) is 3. The molecule has 13 rings (SSSR count). The van der Waals surface area contributed by atoms with Crippen molar-refractivity contribution in [2.24, 2.45) is 15.4 Å². The molecule has 486 valence electrons. The zero-order valence-corrected chi connectivity index (χ0v) is 54.9. The summed E-state index contributed by atoms with van der Waals surface area (Å²) >= 11 is 24.9. The number of nitrogens with zero attached hydrogens (tertiary/aromatic N) is 8. The van der Waals surface area contributed by atoms with E-state index in [2.05, 4.69) is 24.9 Å². The number of carbonyl (C=O) groups is 3. The highest BCUT2D eigenvalue weighted by Crippen LogP contribution is 2.42. The molecule has 6 N–H and O–H groups in total. The number of amides is 3. The van der Waals surface area contributed by atoms with Gasteiger partial charge in [-0.15, -0.1) is 0 Å². The van der Waals surface area contributed by atoms with Crippen LogP contribution in [0.4, 0.5) is 17.1 Å². The first-order valence-corrected chi connectivity index (χ1v) is 34.8. The third kappa shape index (κ3) is 16.1. The van der Waals surface area contributed by atoms with Crippen LogP contribution in [-0.2, 0) is 44.5 Å². The molecule has 3 aliphatic heterocycles. The summed E-state index contributed by atoms with van der Waals surface area (Å²) in [4.78, 5) is 63.2. The predicted molar refractivity (Wildman–Crippen MR) is 358 cm³/mol. The Morgan fingerprint density at radius 3 is 1.22 bits per heavy atom. The number of benzene rings is 7. The fourth-order valence-electron chi connectivity index (χ4n) is 10.8. The SMILES string of the molecule is NS(=O)(=O)c1ccc(N2C[C@@H](c3ccc(Cl)c(Oc4ccnc5ccccc45)c3)CC2=O)cc1.NS(=O)(=O)c1ccc(N2C[C@@H](c3ccc(Cl)c(Oc4cnccn4)c3)CC2=O)cc1.NS(=O)(=O)c1ccc(N2C[C@@H](c3ccc(Cl)c(Oc4nccnc4Cl)c3)CC2=O)cc1. The Kier molecular flexibility index (Phi) is 20.1. The number of carbonyl (C=O) groups excluding carboxylic acids is 3. The molecular weight excluding hydrogens is 1360 g/mol. The number of fused-ring (bicyclic) bond motifs is 1. The van der Waals surface area contributed by atoms with E-state index in [-0.39, 0.29) is 67.6 Å². The average molecular weight is 1420 g/mol. The predicted octanol–water partition coefficient (Wildman–Crippen LogP) is 11.7. The molecule has 3 fully saturated rings. The molecule has 3 atom stereocenters. The molecule has 0 spiro atoms. The van der Waals surface area contributed by atoms with Gasteiger partial charge in [0.1, 0.15) is 23.0 Å². The summed E-state index contributed by atoms with van der Waals surface area (Å²) in [5.74, 6) is 1.92. The molecule has 3 amide bonds. The fraction of sp³-hybridized carbons (Fsp3) is 0.138.